The Hall–Kier alpha value is -1.73. The highest BCUT2D eigenvalue weighted by Crippen LogP contribution is 2.21. The second kappa shape index (κ2) is 7.90. The molecule has 2 aliphatic heterocycles. The minimum absolute atomic E-state index is 0.0278. The van der Waals surface area contributed by atoms with Crippen LogP contribution in [0, 0.1) is 6.92 Å². The quantitative estimate of drug-likeness (QED) is 0.892. The van der Waals surface area contributed by atoms with Gasteiger partial charge in [-0.15, -0.1) is 0 Å². The van der Waals surface area contributed by atoms with E-state index >= 15 is 0 Å². The molecule has 1 aromatic carbocycles. The highest BCUT2D eigenvalue weighted by Gasteiger charge is 2.21. The molecule has 130 valence electrons. The molecule has 6 nitrogen and oxygen atoms in total. The molecule has 2 aliphatic rings. The van der Waals surface area contributed by atoms with Crippen molar-refractivity contribution in [1.29, 1.82) is 0 Å². The Kier molecular flexibility index (Phi) is 5.63. The van der Waals surface area contributed by atoms with E-state index in [-0.39, 0.29) is 11.9 Å². The maximum absolute atomic E-state index is 12.6. The molecule has 2 saturated heterocycles. The lowest BCUT2D eigenvalue weighted by molar-refractivity contribution is -0.135. The number of carbonyl (C=O) groups is 2. The summed E-state index contributed by atoms with van der Waals surface area (Å²) in [5.41, 5.74) is 2.19. The van der Waals surface area contributed by atoms with Crippen molar-refractivity contribution < 1.29 is 14.4 Å². The molecule has 0 aromatic heterocycles. The first-order chi connectivity index (χ1) is 11.6. The van der Waals surface area contributed by atoms with E-state index < -0.39 is 0 Å². The Morgan fingerprint density at radius 1 is 1.17 bits per heavy atom. The minimum atomic E-state index is -0.281. The molecule has 1 N–H and O–H groups in total. The summed E-state index contributed by atoms with van der Waals surface area (Å²) < 4.78 is 0. The third-order valence-corrected chi connectivity index (χ3v) is 5.20. The van der Waals surface area contributed by atoms with E-state index in [2.05, 4.69) is 5.32 Å². The first-order valence-electron chi connectivity index (χ1n) is 8.34. The number of thioether (sulfide) groups is 1. The van der Waals surface area contributed by atoms with Crippen LogP contribution in [0.15, 0.2) is 18.2 Å². The fraction of sp³-hybridized carbons (Fsp3) is 0.529. The van der Waals surface area contributed by atoms with Crippen LogP contribution in [0.3, 0.4) is 0 Å². The summed E-state index contributed by atoms with van der Waals surface area (Å²) >= 11 is 1.87. The predicted molar refractivity (Wildman–Crippen MR) is 95.3 cm³/mol. The van der Waals surface area contributed by atoms with Crippen LogP contribution in [0.25, 0.3) is 0 Å². The summed E-state index contributed by atoms with van der Waals surface area (Å²) in [6.07, 6.45) is 1.92. The molecule has 3 rings (SSSR count). The molecule has 0 saturated carbocycles. The van der Waals surface area contributed by atoms with Crippen LogP contribution in [0.5, 0.6) is 0 Å². The first-order valence-corrected chi connectivity index (χ1v) is 9.50. The molecule has 0 radical (unpaired) electrons. The van der Waals surface area contributed by atoms with Crippen molar-refractivity contribution in [2.75, 3.05) is 43.1 Å². The highest BCUT2D eigenvalue weighted by atomic mass is 32.2. The number of hydroxylamine groups is 2. The van der Waals surface area contributed by atoms with Gasteiger partial charge in [0, 0.05) is 35.8 Å². The molecule has 7 heteroatoms. The smallest absolute Gasteiger partial charge is 0.337 e. The number of amides is 3. The predicted octanol–water partition coefficient (Wildman–Crippen LogP) is 2.74. The molecule has 24 heavy (non-hydrogen) atoms. The van der Waals surface area contributed by atoms with Crippen LogP contribution in [0.2, 0.25) is 0 Å². The monoisotopic (exact) mass is 349 g/mol. The van der Waals surface area contributed by atoms with Gasteiger partial charge < -0.3 is 10.2 Å². The Bertz CT molecular complexity index is 611. The number of hydrogen-bond donors (Lipinski definition) is 1. The van der Waals surface area contributed by atoms with Gasteiger partial charge in [0.15, 0.2) is 0 Å². The third-order valence-electron chi connectivity index (χ3n) is 4.25. The average Bonchev–Trinajstić information content (AvgIpc) is 2.64. The molecule has 2 fully saturated rings. The standard InChI is InChI=1S/C17H23N3O3S/c1-13-4-5-14(16(21)19-7-10-24-11-8-19)12-15(13)18-17(22)20-6-2-3-9-23-20/h4-5,12H,2-3,6-11H2,1H3,(H,18,22). The molecule has 0 aliphatic carbocycles. The van der Waals surface area contributed by atoms with E-state index in [1.807, 2.05) is 35.7 Å². The zero-order valence-corrected chi connectivity index (χ0v) is 14.7. The van der Waals surface area contributed by atoms with E-state index in [0.717, 1.165) is 43.0 Å². The van der Waals surface area contributed by atoms with E-state index in [4.69, 9.17) is 4.84 Å². The fourth-order valence-corrected chi connectivity index (χ4v) is 3.68. The Labute approximate surface area is 146 Å². The Morgan fingerprint density at radius 2 is 1.96 bits per heavy atom. The molecular formula is C17H23N3O3S. The zero-order valence-electron chi connectivity index (χ0n) is 13.9. The van der Waals surface area contributed by atoms with Crippen molar-refractivity contribution in [1.82, 2.24) is 9.96 Å². The summed E-state index contributed by atoms with van der Waals surface area (Å²) in [5, 5.41) is 4.23. The van der Waals surface area contributed by atoms with Gasteiger partial charge in [-0.25, -0.2) is 9.86 Å². The van der Waals surface area contributed by atoms with Crippen molar-refractivity contribution in [2.45, 2.75) is 19.8 Å². The first kappa shape index (κ1) is 17.1. The Balaban J connectivity index is 1.71. The lowest BCUT2D eigenvalue weighted by Crippen LogP contribution is -2.39. The van der Waals surface area contributed by atoms with Gasteiger partial charge in [-0.3, -0.25) is 9.63 Å². The second-order valence-corrected chi connectivity index (χ2v) is 7.23. The molecule has 2 heterocycles. The molecule has 0 atom stereocenters. The van der Waals surface area contributed by atoms with Crippen LogP contribution in [0.4, 0.5) is 10.5 Å². The molecule has 1 aromatic rings. The van der Waals surface area contributed by atoms with Gasteiger partial charge in [0.1, 0.15) is 0 Å². The maximum atomic E-state index is 12.6. The average molecular weight is 349 g/mol. The van der Waals surface area contributed by atoms with Crippen LogP contribution < -0.4 is 5.32 Å². The molecule has 0 bridgehead atoms. The van der Waals surface area contributed by atoms with E-state index in [0.29, 0.717) is 24.4 Å². The van der Waals surface area contributed by atoms with Crippen molar-refractivity contribution in [3.05, 3.63) is 29.3 Å². The van der Waals surface area contributed by atoms with Crippen LogP contribution in [-0.4, -0.2) is 59.6 Å². The van der Waals surface area contributed by atoms with Gasteiger partial charge in [-0.05, 0) is 37.5 Å². The fourth-order valence-electron chi connectivity index (χ4n) is 2.77. The lowest BCUT2D eigenvalue weighted by Gasteiger charge is -2.27. The lowest BCUT2D eigenvalue weighted by atomic mass is 10.1. The van der Waals surface area contributed by atoms with Gasteiger partial charge in [-0.2, -0.15) is 11.8 Å². The number of nitrogens with zero attached hydrogens (tertiary/aromatic N) is 2. The number of rotatable bonds is 2. The summed E-state index contributed by atoms with van der Waals surface area (Å²) in [5.74, 6) is 1.99. The van der Waals surface area contributed by atoms with Crippen LogP contribution in [0.1, 0.15) is 28.8 Å². The summed E-state index contributed by atoms with van der Waals surface area (Å²) in [4.78, 5) is 32.2. The van der Waals surface area contributed by atoms with Crippen molar-refractivity contribution in [3.8, 4) is 0 Å². The third kappa shape index (κ3) is 4.02. The number of anilines is 1. The van der Waals surface area contributed by atoms with E-state index in [9.17, 15) is 9.59 Å². The number of aryl methyl sites for hydroxylation is 1. The molecular weight excluding hydrogens is 326 g/mol. The van der Waals surface area contributed by atoms with E-state index in [1.54, 1.807) is 6.07 Å². The number of benzene rings is 1. The van der Waals surface area contributed by atoms with Gasteiger partial charge in [-0.1, -0.05) is 6.07 Å². The SMILES string of the molecule is Cc1ccc(C(=O)N2CCSCC2)cc1NC(=O)N1CCCCO1. The summed E-state index contributed by atoms with van der Waals surface area (Å²) in [7, 11) is 0. The van der Waals surface area contributed by atoms with Crippen molar-refractivity contribution in [2.24, 2.45) is 0 Å². The largest absolute Gasteiger partial charge is 0.345 e. The molecule has 3 amide bonds. The van der Waals surface area contributed by atoms with Crippen LogP contribution >= 0.6 is 11.8 Å². The van der Waals surface area contributed by atoms with Gasteiger partial charge in [0.2, 0.25) is 0 Å². The topological polar surface area (TPSA) is 61.9 Å². The maximum Gasteiger partial charge on any atom is 0.345 e. The molecule has 0 spiro atoms. The minimum Gasteiger partial charge on any atom is -0.337 e. The van der Waals surface area contributed by atoms with Crippen molar-refractivity contribution in [3.63, 3.8) is 0 Å². The van der Waals surface area contributed by atoms with Gasteiger partial charge in [0.05, 0.1) is 13.2 Å². The second-order valence-electron chi connectivity index (χ2n) is 6.01. The summed E-state index contributed by atoms with van der Waals surface area (Å²) in [6.45, 7) is 4.63. The normalized spacial score (nSPS) is 18.4. The van der Waals surface area contributed by atoms with Gasteiger partial charge in [0.25, 0.3) is 5.91 Å². The summed E-state index contributed by atoms with van der Waals surface area (Å²) in [6, 6.07) is 5.18. The number of carbonyl (C=O) groups excluding carboxylic acids is 2. The number of nitrogens with one attached hydrogen (secondary N) is 1. The van der Waals surface area contributed by atoms with E-state index in [1.165, 1.54) is 5.06 Å². The van der Waals surface area contributed by atoms with Gasteiger partial charge >= 0.3 is 6.03 Å². The highest BCUT2D eigenvalue weighted by molar-refractivity contribution is 7.99. The van der Waals surface area contributed by atoms with Crippen molar-refractivity contribution >= 4 is 29.4 Å². The molecule has 0 unspecified atom stereocenters. The van der Waals surface area contributed by atoms with Crippen LogP contribution in [-0.2, 0) is 4.84 Å². The zero-order chi connectivity index (χ0) is 16.9. The number of hydrogen-bond acceptors (Lipinski definition) is 4. The number of urea groups is 1. The Morgan fingerprint density at radius 3 is 2.67 bits per heavy atom.